The minimum atomic E-state index is -2.13. The third-order valence-electron chi connectivity index (χ3n) is 13.4. The molecule has 2 aromatic carbocycles. The molecule has 1 saturated heterocycles. The Morgan fingerprint density at radius 2 is 1.55 bits per heavy atom. The molecule has 0 aromatic heterocycles. The fourth-order valence-corrected chi connectivity index (χ4v) is 10.6. The number of aliphatic hydroxyl groups is 2. The van der Waals surface area contributed by atoms with Crippen molar-refractivity contribution in [3.63, 3.8) is 0 Å². The number of amides is 1. The van der Waals surface area contributed by atoms with Crippen LogP contribution in [-0.2, 0) is 42.8 Å². The molecule has 7 rings (SSSR count). The number of ether oxygens (including phenoxy) is 6. The molecule has 1 aliphatic heterocycles. The smallest absolute Gasteiger partial charge is 0.408 e. The second-order valence-corrected chi connectivity index (χ2v) is 18.5. The molecule has 14 nitrogen and oxygen atoms in total. The Labute approximate surface area is 349 Å². The first-order chi connectivity index (χ1) is 28.1. The summed E-state index contributed by atoms with van der Waals surface area (Å²) in [5, 5.41) is 28.1. The van der Waals surface area contributed by atoms with Gasteiger partial charge in [0.1, 0.15) is 35.6 Å². The Hall–Kier alpha value is -5.05. The fourth-order valence-electron chi connectivity index (χ4n) is 10.6. The van der Waals surface area contributed by atoms with Crippen LogP contribution in [0.1, 0.15) is 96.6 Å². The second kappa shape index (κ2) is 15.1. The summed E-state index contributed by atoms with van der Waals surface area (Å²) < 4.78 is 36.7. The van der Waals surface area contributed by atoms with E-state index in [-0.39, 0.29) is 24.5 Å². The molecule has 5 aliphatic rings. The zero-order valence-corrected chi connectivity index (χ0v) is 35.3. The average molecular weight is 830 g/mol. The number of benzene rings is 2. The van der Waals surface area contributed by atoms with Crippen LogP contribution in [0.25, 0.3) is 0 Å². The van der Waals surface area contributed by atoms with Gasteiger partial charge in [-0.2, -0.15) is 0 Å². The molecule has 0 radical (unpaired) electrons. The Morgan fingerprint density at radius 3 is 2.12 bits per heavy atom. The van der Waals surface area contributed by atoms with Crippen molar-refractivity contribution in [2.45, 2.75) is 128 Å². The number of fused-ring (bicyclic) bond motifs is 4. The van der Waals surface area contributed by atoms with Gasteiger partial charge >= 0.3 is 30.0 Å². The van der Waals surface area contributed by atoms with E-state index in [1.54, 1.807) is 102 Å². The predicted octanol–water partition coefficient (Wildman–Crippen LogP) is 5.46. The van der Waals surface area contributed by atoms with E-state index < -0.39 is 100 Å². The minimum Gasteiger partial charge on any atom is -0.456 e. The number of hydrogen-bond acceptors (Lipinski definition) is 13. The van der Waals surface area contributed by atoms with E-state index in [4.69, 9.17) is 28.4 Å². The van der Waals surface area contributed by atoms with Gasteiger partial charge in [0, 0.05) is 31.1 Å². The van der Waals surface area contributed by atoms with Crippen LogP contribution >= 0.6 is 0 Å². The summed E-state index contributed by atoms with van der Waals surface area (Å²) in [5.41, 5.74) is -4.92. The minimum absolute atomic E-state index is 0.0599. The van der Waals surface area contributed by atoms with Crippen molar-refractivity contribution in [2.24, 2.45) is 22.7 Å². The zero-order chi connectivity index (χ0) is 43.7. The van der Waals surface area contributed by atoms with Crippen LogP contribution in [0.15, 0.2) is 84.0 Å². The van der Waals surface area contributed by atoms with Crippen molar-refractivity contribution >= 4 is 30.0 Å². The standard InChI is InChI=1S/C46H55NO13/c1-24-31(57-40(52)35(50)34(28-16-12-10-13-17-28)47-41(53)60-42(5,6)7)22-46(54)38(58-39(51)29-18-14-11-15-19-29)37-44(25(2)36(56-26(3)48)33(24)43(46,8)9)21-30(44)20-32-45(37,23-55-32)59-27(4)49/h10-19,30-32,34-38,50,54H,2,20-23H2,1,3-9H3,(H,47,53)/t30-,31+,32-,34+,35-,36+,37+,38+,44-,45+,46-/m1/s1. The number of rotatable bonds is 9. The summed E-state index contributed by atoms with van der Waals surface area (Å²) in [7, 11) is 0. The summed E-state index contributed by atoms with van der Waals surface area (Å²) in [6.07, 6.45) is -6.79. The molecule has 2 aromatic rings. The summed E-state index contributed by atoms with van der Waals surface area (Å²) in [4.78, 5) is 67.7. The van der Waals surface area contributed by atoms with Crippen LogP contribution in [0, 0.1) is 22.7 Å². The fraction of sp³-hybridized carbons (Fsp3) is 0.543. The molecule has 60 heavy (non-hydrogen) atoms. The molecular weight excluding hydrogens is 774 g/mol. The van der Waals surface area contributed by atoms with Crippen LogP contribution in [0.2, 0.25) is 0 Å². The van der Waals surface area contributed by atoms with Gasteiger partial charge < -0.3 is 44.0 Å². The van der Waals surface area contributed by atoms with Crippen molar-refractivity contribution in [1.29, 1.82) is 0 Å². The first-order valence-electron chi connectivity index (χ1n) is 20.4. The van der Waals surface area contributed by atoms with Gasteiger partial charge in [0.05, 0.1) is 24.1 Å². The van der Waals surface area contributed by atoms with E-state index in [1.807, 2.05) is 0 Å². The van der Waals surface area contributed by atoms with E-state index in [2.05, 4.69) is 11.9 Å². The van der Waals surface area contributed by atoms with Gasteiger partial charge in [-0.3, -0.25) is 9.59 Å². The molecule has 1 heterocycles. The van der Waals surface area contributed by atoms with Crippen molar-refractivity contribution < 1.29 is 62.6 Å². The predicted molar refractivity (Wildman–Crippen MR) is 214 cm³/mol. The number of nitrogens with one attached hydrogen (secondary N) is 1. The lowest BCUT2D eigenvalue weighted by Crippen LogP contribution is -2.77. The van der Waals surface area contributed by atoms with Crippen LogP contribution in [0.5, 0.6) is 0 Å². The molecule has 4 aliphatic carbocycles. The van der Waals surface area contributed by atoms with E-state index >= 15 is 0 Å². The molecule has 0 unspecified atom stereocenters. The molecular formula is C46H55NO13. The van der Waals surface area contributed by atoms with Gasteiger partial charge in [0.25, 0.3) is 0 Å². The zero-order valence-electron chi connectivity index (χ0n) is 35.3. The summed E-state index contributed by atoms with van der Waals surface area (Å²) in [6.45, 7) is 17.3. The summed E-state index contributed by atoms with van der Waals surface area (Å²) >= 11 is 0. The van der Waals surface area contributed by atoms with Crippen LogP contribution in [-0.4, -0.2) is 94.1 Å². The number of carbonyl (C=O) groups is 5. The quantitative estimate of drug-likeness (QED) is 0.164. The lowest BCUT2D eigenvalue weighted by Gasteiger charge is -2.65. The average Bonchev–Trinajstić information content (AvgIpc) is 3.90. The monoisotopic (exact) mass is 829 g/mol. The van der Waals surface area contributed by atoms with E-state index in [0.29, 0.717) is 35.1 Å². The second-order valence-electron chi connectivity index (χ2n) is 18.5. The van der Waals surface area contributed by atoms with Crippen molar-refractivity contribution in [3.05, 3.63) is 95.1 Å². The summed E-state index contributed by atoms with van der Waals surface area (Å²) in [6, 6.07) is 15.3. The lowest BCUT2D eigenvalue weighted by molar-refractivity contribution is -0.323. The maximum Gasteiger partial charge on any atom is 0.408 e. The van der Waals surface area contributed by atoms with E-state index in [9.17, 15) is 34.2 Å². The molecule has 11 atom stereocenters. The number of carbonyl (C=O) groups excluding carboxylic acids is 5. The van der Waals surface area contributed by atoms with Gasteiger partial charge in [-0.05, 0) is 80.9 Å². The van der Waals surface area contributed by atoms with Gasteiger partial charge in [-0.1, -0.05) is 69.0 Å². The topological polar surface area (TPSA) is 193 Å². The maximum atomic E-state index is 14.3. The third kappa shape index (κ3) is 7.09. The lowest BCUT2D eigenvalue weighted by atomic mass is 9.48. The van der Waals surface area contributed by atoms with Crippen molar-refractivity contribution in [2.75, 3.05) is 6.61 Å². The third-order valence-corrected chi connectivity index (χ3v) is 13.4. The van der Waals surface area contributed by atoms with Crippen molar-refractivity contribution in [3.8, 4) is 0 Å². The Balaban J connectivity index is 1.37. The highest BCUT2D eigenvalue weighted by Gasteiger charge is 2.82. The number of hydrogen-bond donors (Lipinski definition) is 3. The highest BCUT2D eigenvalue weighted by Crippen LogP contribution is 2.77. The molecule has 1 amide bonds. The first kappa shape index (κ1) is 43.1. The molecule has 4 fully saturated rings. The normalized spacial score (nSPS) is 33.3. The molecule has 3 N–H and O–H groups in total. The van der Waals surface area contributed by atoms with Crippen LogP contribution < -0.4 is 5.32 Å². The molecule has 1 spiro atoms. The SMILES string of the molecule is C=C1[C@H](OC(C)=O)C2=C(C)[C@@H](OC(=O)[C@H](O)[C@@H](NC(=O)OC(C)(C)C)c3ccccc3)C[C@@](O)([C@@H](OC(=O)c3ccccc3)[C@@H]3[C@]4(OC(C)=O)CO[C@@H]4C[C@@H]4C[C@@]143)C2(C)C. The molecule has 14 heteroatoms. The molecule has 322 valence electrons. The van der Waals surface area contributed by atoms with Gasteiger partial charge in [-0.25, -0.2) is 14.4 Å². The Kier molecular flexibility index (Phi) is 10.9. The highest BCUT2D eigenvalue weighted by molar-refractivity contribution is 5.89. The highest BCUT2D eigenvalue weighted by atomic mass is 16.6. The Morgan fingerprint density at radius 1 is 0.917 bits per heavy atom. The molecule has 2 bridgehead atoms. The number of esters is 4. The molecule has 3 saturated carbocycles. The number of aliphatic hydroxyl groups excluding tert-OH is 1. The Bertz CT molecular complexity index is 2110. The largest absolute Gasteiger partial charge is 0.456 e. The van der Waals surface area contributed by atoms with E-state index in [0.717, 1.165) is 0 Å². The first-order valence-corrected chi connectivity index (χ1v) is 20.4. The van der Waals surface area contributed by atoms with Crippen LogP contribution in [0.4, 0.5) is 4.79 Å². The number of alkyl carbamates (subject to hydrolysis) is 1. The maximum absolute atomic E-state index is 14.3. The van der Waals surface area contributed by atoms with E-state index in [1.165, 1.54) is 13.8 Å². The van der Waals surface area contributed by atoms with Gasteiger partial charge in [-0.15, -0.1) is 0 Å². The van der Waals surface area contributed by atoms with Gasteiger partial charge in [0.2, 0.25) is 0 Å². The van der Waals surface area contributed by atoms with Crippen LogP contribution in [0.3, 0.4) is 0 Å². The summed E-state index contributed by atoms with van der Waals surface area (Å²) in [5.74, 6) is -4.23. The van der Waals surface area contributed by atoms with Gasteiger partial charge in [0.15, 0.2) is 11.7 Å². The van der Waals surface area contributed by atoms with Crippen molar-refractivity contribution in [1.82, 2.24) is 5.32 Å².